The van der Waals surface area contributed by atoms with Crippen molar-refractivity contribution in [1.82, 2.24) is 14.5 Å². The minimum absolute atomic E-state index is 0.340. The number of nitrogens with one attached hydrogen (secondary N) is 1. The van der Waals surface area contributed by atoms with Crippen LogP contribution in [0.25, 0.3) is 6.08 Å². The highest BCUT2D eigenvalue weighted by Gasteiger charge is 2.16. The standard InChI is InChI=1S/C15H18BrN3O2S/c1-11-15(10-19(3)17-11)12(2)18-22(20,21)9-8-13-4-6-14(16)7-5-13/h4-10,12,18H,1-3H3. The summed E-state index contributed by atoms with van der Waals surface area (Å²) in [5, 5.41) is 5.40. The summed E-state index contributed by atoms with van der Waals surface area (Å²) in [5.74, 6) is 0. The highest BCUT2D eigenvalue weighted by atomic mass is 79.9. The first-order chi connectivity index (χ1) is 10.3. The van der Waals surface area contributed by atoms with Gasteiger partial charge in [0.2, 0.25) is 10.0 Å². The highest BCUT2D eigenvalue weighted by molar-refractivity contribution is 9.10. The lowest BCUT2D eigenvalue weighted by molar-refractivity contribution is 0.576. The maximum Gasteiger partial charge on any atom is 0.234 e. The third kappa shape index (κ3) is 4.53. The quantitative estimate of drug-likeness (QED) is 0.862. The van der Waals surface area contributed by atoms with E-state index in [4.69, 9.17) is 0 Å². The normalized spacial score (nSPS) is 13.6. The van der Waals surface area contributed by atoms with Gasteiger partial charge in [-0.15, -0.1) is 0 Å². The Labute approximate surface area is 139 Å². The number of hydrogen-bond donors (Lipinski definition) is 1. The fourth-order valence-electron chi connectivity index (χ4n) is 2.13. The summed E-state index contributed by atoms with van der Waals surface area (Å²) in [6, 6.07) is 7.06. The summed E-state index contributed by atoms with van der Waals surface area (Å²) in [5.41, 5.74) is 2.50. The molecule has 5 nitrogen and oxygen atoms in total. The Hall–Kier alpha value is -1.44. The summed E-state index contributed by atoms with van der Waals surface area (Å²) < 4.78 is 29.5. The molecule has 1 aromatic heterocycles. The molecule has 0 aliphatic carbocycles. The molecule has 0 aliphatic heterocycles. The van der Waals surface area contributed by atoms with Crippen molar-refractivity contribution in [3.05, 3.63) is 57.2 Å². The van der Waals surface area contributed by atoms with Crippen molar-refractivity contribution in [2.24, 2.45) is 7.05 Å². The van der Waals surface area contributed by atoms with E-state index >= 15 is 0 Å². The lowest BCUT2D eigenvalue weighted by Gasteiger charge is -2.11. The fourth-order valence-corrected chi connectivity index (χ4v) is 3.43. The zero-order valence-electron chi connectivity index (χ0n) is 12.6. The van der Waals surface area contributed by atoms with Gasteiger partial charge in [-0.2, -0.15) is 5.10 Å². The second kappa shape index (κ2) is 6.76. The minimum atomic E-state index is -3.52. The van der Waals surface area contributed by atoms with Crippen molar-refractivity contribution in [3.8, 4) is 0 Å². The number of halogens is 1. The lowest BCUT2D eigenvalue weighted by atomic mass is 10.1. The summed E-state index contributed by atoms with van der Waals surface area (Å²) in [7, 11) is -1.71. The second-order valence-electron chi connectivity index (χ2n) is 5.08. The van der Waals surface area contributed by atoms with Crippen LogP contribution in [0.5, 0.6) is 0 Å². The average molecular weight is 384 g/mol. The molecule has 0 radical (unpaired) electrons. The molecule has 118 valence electrons. The van der Waals surface area contributed by atoms with E-state index in [2.05, 4.69) is 25.8 Å². The topological polar surface area (TPSA) is 64.0 Å². The van der Waals surface area contributed by atoms with E-state index in [0.29, 0.717) is 0 Å². The minimum Gasteiger partial charge on any atom is -0.275 e. The monoisotopic (exact) mass is 383 g/mol. The first kappa shape index (κ1) is 16.9. The van der Waals surface area contributed by atoms with Crippen LogP contribution in [0.2, 0.25) is 0 Å². The Morgan fingerprint density at radius 2 is 1.95 bits per heavy atom. The van der Waals surface area contributed by atoms with E-state index in [9.17, 15) is 8.42 Å². The van der Waals surface area contributed by atoms with Crippen molar-refractivity contribution >= 4 is 32.0 Å². The van der Waals surface area contributed by atoms with Gasteiger partial charge in [0.1, 0.15) is 0 Å². The van der Waals surface area contributed by atoms with Gasteiger partial charge in [-0.05, 0) is 37.6 Å². The van der Waals surface area contributed by atoms with Crippen LogP contribution in [0, 0.1) is 6.92 Å². The largest absolute Gasteiger partial charge is 0.275 e. The predicted octanol–water partition coefficient (Wildman–Crippen LogP) is 3.14. The van der Waals surface area contributed by atoms with Gasteiger partial charge in [0.05, 0.1) is 5.69 Å². The summed E-state index contributed by atoms with van der Waals surface area (Å²) >= 11 is 3.34. The van der Waals surface area contributed by atoms with Crippen LogP contribution in [0.3, 0.4) is 0 Å². The molecule has 2 aromatic rings. The molecule has 1 atom stereocenters. The summed E-state index contributed by atoms with van der Waals surface area (Å²) in [6.45, 7) is 3.66. The molecule has 22 heavy (non-hydrogen) atoms. The average Bonchev–Trinajstić information content (AvgIpc) is 2.77. The van der Waals surface area contributed by atoms with E-state index in [0.717, 1.165) is 21.3 Å². The van der Waals surface area contributed by atoms with E-state index in [-0.39, 0.29) is 6.04 Å². The zero-order chi connectivity index (χ0) is 16.3. The number of aromatic nitrogens is 2. The Kier molecular flexibility index (Phi) is 5.20. The first-order valence-electron chi connectivity index (χ1n) is 6.73. The highest BCUT2D eigenvalue weighted by Crippen LogP contribution is 2.17. The van der Waals surface area contributed by atoms with Crippen LogP contribution >= 0.6 is 15.9 Å². The van der Waals surface area contributed by atoms with Crippen LogP contribution < -0.4 is 4.72 Å². The van der Waals surface area contributed by atoms with Crippen LogP contribution in [-0.4, -0.2) is 18.2 Å². The van der Waals surface area contributed by atoms with Crippen molar-refractivity contribution in [2.75, 3.05) is 0 Å². The molecule has 0 bridgehead atoms. The summed E-state index contributed by atoms with van der Waals surface area (Å²) in [6.07, 6.45) is 3.39. The van der Waals surface area contributed by atoms with Gasteiger partial charge in [0, 0.05) is 34.7 Å². The molecule has 7 heteroatoms. The predicted molar refractivity (Wildman–Crippen MR) is 91.6 cm³/mol. The number of aryl methyl sites for hydroxylation is 2. The van der Waals surface area contributed by atoms with Crippen molar-refractivity contribution < 1.29 is 8.42 Å². The zero-order valence-corrected chi connectivity index (χ0v) is 15.0. The Morgan fingerprint density at radius 3 is 2.50 bits per heavy atom. The molecule has 1 heterocycles. The van der Waals surface area contributed by atoms with Gasteiger partial charge >= 0.3 is 0 Å². The van der Waals surface area contributed by atoms with Crippen LogP contribution in [0.15, 0.2) is 40.3 Å². The van der Waals surface area contributed by atoms with Gasteiger partial charge in [-0.3, -0.25) is 4.68 Å². The molecule has 0 saturated heterocycles. The smallest absolute Gasteiger partial charge is 0.234 e. The van der Waals surface area contributed by atoms with Crippen LogP contribution in [-0.2, 0) is 17.1 Å². The number of hydrogen-bond acceptors (Lipinski definition) is 3. The number of nitrogens with zero attached hydrogens (tertiary/aromatic N) is 2. The van der Waals surface area contributed by atoms with Gasteiger partial charge in [0.25, 0.3) is 0 Å². The van der Waals surface area contributed by atoms with Gasteiger partial charge in [-0.25, -0.2) is 13.1 Å². The number of sulfonamides is 1. The molecule has 0 fully saturated rings. The molecule has 1 N–H and O–H groups in total. The third-order valence-electron chi connectivity index (χ3n) is 3.17. The number of benzene rings is 1. The van der Waals surface area contributed by atoms with E-state index in [1.807, 2.05) is 44.4 Å². The summed E-state index contributed by atoms with van der Waals surface area (Å²) in [4.78, 5) is 0. The van der Waals surface area contributed by atoms with E-state index in [1.54, 1.807) is 17.7 Å². The second-order valence-corrected chi connectivity index (χ2v) is 7.60. The fraction of sp³-hybridized carbons (Fsp3) is 0.267. The lowest BCUT2D eigenvalue weighted by Crippen LogP contribution is -2.25. The molecule has 1 unspecified atom stereocenters. The van der Waals surface area contributed by atoms with Crippen molar-refractivity contribution in [1.29, 1.82) is 0 Å². The van der Waals surface area contributed by atoms with Gasteiger partial charge in [0.15, 0.2) is 0 Å². The molecule has 0 saturated carbocycles. The van der Waals surface area contributed by atoms with Gasteiger partial charge < -0.3 is 0 Å². The molecule has 2 rings (SSSR count). The third-order valence-corrected chi connectivity index (χ3v) is 4.87. The Bertz CT molecular complexity index is 780. The molecular weight excluding hydrogens is 366 g/mol. The molecule has 0 aliphatic rings. The van der Waals surface area contributed by atoms with E-state index < -0.39 is 10.0 Å². The first-order valence-corrected chi connectivity index (χ1v) is 9.07. The molecular formula is C15H18BrN3O2S. The van der Waals surface area contributed by atoms with Gasteiger partial charge in [-0.1, -0.05) is 28.1 Å². The molecule has 0 amide bonds. The maximum absolute atomic E-state index is 12.1. The molecule has 1 aromatic carbocycles. The SMILES string of the molecule is Cc1nn(C)cc1C(C)NS(=O)(=O)C=Cc1ccc(Br)cc1. The maximum atomic E-state index is 12.1. The number of rotatable bonds is 5. The van der Waals surface area contributed by atoms with E-state index in [1.165, 1.54) is 5.41 Å². The van der Waals surface area contributed by atoms with Crippen molar-refractivity contribution in [3.63, 3.8) is 0 Å². The Morgan fingerprint density at radius 1 is 1.32 bits per heavy atom. The Balaban J connectivity index is 2.10. The van der Waals surface area contributed by atoms with Crippen LogP contribution in [0.4, 0.5) is 0 Å². The van der Waals surface area contributed by atoms with Crippen molar-refractivity contribution in [2.45, 2.75) is 19.9 Å². The molecule has 0 spiro atoms. The van der Waals surface area contributed by atoms with Crippen LogP contribution in [0.1, 0.15) is 29.8 Å².